The van der Waals surface area contributed by atoms with E-state index in [1.165, 1.54) is 18.7 Å². The van der Waals surface area contributed by atoms with Crippen LogP contribution in [0.4, 0.5) is 4.39 Å². The Hall–Kier alpha value is -1.45. The number of carbonyl (C=O) groups excluding carboxylic acids is 1. The number of aromatic nitrogens is 1. The van der Waals surface area contributed by atoms with Gasteiger partial charge in [-0.25, -0.2) is 4.98 Å². The van der Waals surface area contributed by atoms with Gasteiger partial charge in [-0.15, -0.1) is 0 Å². The molecule has 0 saturated heterocycles. The Morgan fingerprint density at radius 2 is 2.33 bits per heavy atom. The molecular formula is C14H19FN2O. The van der Waals surface area contributed by atoms with Gasteiger partial charge in [0.05, 0.1) is 5.56 Å². The van der Waals surface area contributed by atoms with Gasteiger partial charge in [-0.2, -0.15) is 4.39 Å². The molecule has 1 atom stereocenters. The molecular weight excluding hydrogens is 231 g/mol. The molecule has 2 rings (SSSR count). The summed E-state index contributed by atoms with van der Waals surface area (Å²) >= 11 is 0. The summed E-state index contributed by atoms with van der Waals surface area (Å²) in [6, 6.07) is 3.18. The number of rotatable bonds is 2. The van der Waals surface area contributed by atoms with Crippen LogP contribution in [0, 0.1) is 11.4 Å². The zero-order valence-corrected chi connectivity index (χ0v) is 10.9. The van der Waals surface area contributed by atoms with Crippen LogP contribution in [-0.4, -0.2) is 16.9 Å². The predicted octanol–water partition coefficient (Wildman–Crippen LogP) is 2.92. The minimum atomic E-state index is -0.704. The van der Waals surface area contributed by atoms with Crippen molar-refractivity contribution in [3.8, 4) is 0 Å². The first-order chi connectivity index (χ1) is 8.48. The number of carbonyl (C=O) groups is 1. The lowest BCUT2D eigenvalue weighted by Gasteiger charge is -2.35. The first kappa shape index (κ1) is 13.0. The minimum Gasteiger partial charge on any atom is -0.349 e. The fourth-order valence-electron chi connectivity index (χ4n) is 2.64. The molecule has 1 aliphatic rings. The van der Waals surface area contributed by atoms with Crippen LogP contribution in [-0.2, 0) is 0 Å². The molecule has 0 aliphatic heterocycles. The van der Waals surface area contributed by atoms with Crippen LogP contribution in [0.5, 0.6) is 0 Å². The van der Waals surface area contributed by atoms with Crippen molar-refractivity contribution in [1.29, 1.82) is 0 Å². The summed E-state index contributed by atoms with van der Waals surface area (Å²) < 4.78 is 13.4. The van der Waals surface area contributed by atoms with Crippen LogP contribution >= 0.6 is 0 Å². The van der Waals surface area contributed by atoms with Gasteiger partial charge >= 0.3 is 0 Å². The Morgan fingerprint density at radius 1 is 1.56 bits per heavy atom. The first-order valence-corrected chi connectivity index (χ1v) is 6.39. The standard InChI is InChI=1S/C14H19FN2O/c1-14(2)7-3-5-10(9-14)17-13(18)11-6-4-8-16-12(11)15/h4,6,8,10H,3,5,7,9H2,1-2H3,(H,17,18). The number of halogens is 1. The van der Waals surface area contributed by atoms with Gasteiger partial charge in [0.2, 0.25) is 5.95 Å². The second-order valence-corrected chi connectivity index (χ2v) is 5.77. The van der Waals surface area contributed by atoms with Gasteiger partial charge in [0.25, 0.3) is 5.91 Å². The minimum absolute atomic E-state index is 0.0286. The van der Waals surface area contributed by atoms with Gasteiger partial charge in [-0.1, -0.05) is 20.3 Å². The van der Waals surface area contributed by atoms with E-state index in [0.717, 1.165) is 19.3 Å². The first-order valence-electron chi connectivity index (χ1n) is 6.39. The van der Waals surface area contributed by atoms with E-state index < -0.39 is 5.95 Å². The van der Waals surface area contributed by atoms with Crippen LogP contribution in [0.15, 0.2) is 18.3 Å². The van der Waals surface area contributed by atoms with E-state index in [-0.39, 0.29) is 22.9 Å². The summed E-state index contributed by atoms with van der Waals surface area (Å²) in [7, 11) is 0. The monoisotopic (exact) mass is 250 g/mol. The van der Waals surface area contributed by atoms with E-state index in [0.29, 0.717) is 0 Å². The average Bonchev–Trinajstić information content (AvgIpc) is 2.28. The molecule has 1 saturated carbocycles. The molecule has 1 aromatic heterocycles. The number of amides is 1. The molecule has 0 radical (unpaired) electrons. The number of hydrogen-bond acceptors (Lipinski definition) is 2. The van der Waals surface area contributed by atoms with E-state index in [4.69, 9.17) is 0 Å². The third-order valence-corrected chi connectivity index (χ3v) is 3.54. The van der Waals surface area contributed by atoms with Crippen LogP contribution in [0.25, 0.3) is 0 Å². The summed E-state index contributed by atoms with van der Waals surface area (Å²) in [6.07, 6.45) is 5.54. The smallest absolute Gasteiger partial charge is 0.256 e. The Kier molecular flexibility index (Phi) is 3.64. The second kappa shape index (κ2) is 5.04. The van der Waals surface area contributed by atoms with Crippen molar-refractivity contribution < 1.29 is 9.18 Å². The molecule has 0 spiro atoms. The molecule has 1 amide bonds. The predicted molar refractivity (Wildman–Crippen MR) is 67.7 cm³/mol. The Balaban J connectivity index is 2.02. The number of hydrogen-bond donors (Lipinski definition) is 1. The highest BCUT2D eigenvalue weighted by Crippen LogP contribution is 2.35. The second-order valence-electron chi connectivity index (χ2n) is 5.77. The molecule has 1 N–H and O–H groups in total. The Morgan fingerprint density at radius 3 is 3.00 bits per heavy atom. The van der Waals surface area contributed by atoms with Gasteiger partial charge in [-0.05, 0) is 36.8 Å². The molecule has 0 aromatic carbocycles. The number of nitrogens with one attached hydrogen (secondary N) is 1. The fraction of sp³-hybridized carbons (Fsp3) is 0.571. The maximum Gasteiger partial charge on any atom is 0.256 e. The maximum absolute atomic E-state index is 13.4. The zero-order chi connectivity index (χ0) is 13.2. The van der Waals surface area contributed by atoms with Crippen molar-refractivity contribution in [2.75, 3.05) is 0 Å². The van der Waals surface area contributed by atoms with Crippen molar-refractivity contribution >= 4 is 5.91 Å². The van der Waals surface area contributed by atoms with E-state index in [1.807, 2.05) is 0 Å². The highest BCUT2D eigenvalue weighted by molar-refractivity contribution is 5.94. The van der Waals surface area contributed by atoms with Crippen molar-refractivity contribution in [1.82, 2.24) is 10.3 Å². The molecule has 1 aliphatic carbocycles. The SMILES string of the molecule is CC1(C)CCCC(NC(=O)c2cccnc2F)C1. The largest absolute Gasteiger partial charge is 0.349 e. The van der Waals surface area contributed by atoms with Crippen molar-refractivity contribution in [3.05, 3.63) is 29.8 Å². The molecule has 18 heavy (non-hydrogen) atoms. The van der Waals surface area contributed by atoms with Crippen LogP contribution in [0.1, 0.15) is 49.9 Å². The molecule has 4 heteroatoms. The Bertz CT molecular complexity index is 445. The van der Waals surface area contributed by atoms with Crippen LogP contribution < -0.4 is 5.32 Å². The van der Waals surface area contributed by atoms with Crippen molar-refractivity contribution in [2.45, 2.75) is 45.6 Å². The van der Waals surface area contributed by atoms with Crippen molar-refractivity contribution in [3.63, 3.8) is 0 Å². The van der Waals surface area contributed by atoms with Crippen LogP contribution in [0.3, 0.4) is 0 Å². The third-order valence-electron chi connectivity index (χ3n) is 3.54. The molecule has 3 nitrogen and oxygen atoms in total. The highest BCUT2D eigenvalue weighted by atomic mass is 19.1. The van der Waals surface area contributed by atoms with E-state index in [9.17, 15) is 9.18 Å². The summed E-state index contributed by atoms with van der Waals surface area (Å²) in [6.45, 7) is 4.41. The summed E-state index contributed by atoms with van der Waals surface area (Å²) in [5.74, 6) is -1.06. The van der Waals surface area contributed by atoms with Crippen molar-refractivity contribution in [2.24, 2.45) is 5.41 Å². The number of pyridine rings is 1. The topological polar surface area (TPSA) is 42.0 Å². The third kappa shape index (κ3) is 3.06. The molecule has 1 fully saturated rings. The van der Waals surface area contributed by atoms with Gasteiger partial charge < -0.3 is 5.32 Å². The molecule has 1 aromatic rings. The number of nitrogens with zero attached hydrogens (tertiary/aromatic N) is 1. The lowest BCUT2D eigenvalue weighted by molar-refractivity contribution is 0.0897. The van der Waals surface area contributed by atoms with Gasteiger partial charge in [0, 0.05) is 12.2 Å². The van der Waals surface area contributed by atoms with E-state index >= 15 is 0 Å². The quantitative estimate of drug-likeness (QED) is 0.820. The summed E-state index contributed by atoms with van der Waals surface area (Å²) in [5.41, 5.74) is 0.282. The van der Waals surface area contributed by atoms with Gasteiger partial charge in [0.15, 0.2) is 0 Å². The highest BCUT2D eigenvalue weighted by Gasteiger charge is 2.29. The summed E-state index contributed by atoms with van der Waals surface area (Å²) in [4.78, 5) is 15.4. The Labute approximate surface area is 107 Å². The molecule has 1 unspecified atom stereocenters. The normalized spacial score (nSPS) is 22.5. The molecule has 98 valence electrons. The lowest BCUT2D eigenvalue weighted by atomic mass is 9.75. The van der Waals surface area contributed by atoms with Gasteiger partial charge in [-0.3, -0.25) is 4.79 Å². The maximum atomic E-state index is 13.4. The van der Waals surface area contributed by atoms with E-state index in [2.05, 4.69) is 24.1 Å². The average molecular weight is 250 g/mol. The zero-order valence-electron chi connectivity index (χ0n) is 10.9. The lowest BCUT2D eigenvalue weighted by Crippen LogP contribution is -2.41. The van der Waals surface area contributed by atoms with E-state index in [1.54, 1.807) is 6.07 Å². The molecule has 1 heterocycles. The fourth-order valence-corrected chi connectivity index (χ4v) is 2.64. The summed E-state index contributed by atoms with van der Waals surface area (Å²) in [5, 5.41) is 2.91. The van der Waals surface area contributed by atoms with Gasteiger partial charge in [0.1, 0.15) is 0 Å². The van der Waals surface area contributed by atoms with Crippen LogP contribution in [0.2, 0.25) is 0 Å². The molecule has 0 bridgehead atoms.